The molecule has 1 aliphatic rings. The number of hydrogen-bond acceptors (Lipinski definition) is 4. The Kier molecular flexibility index (Phi) is 7.86. The maximum absolute atomic E-state index is 13.1. The van der Waals surface area contributed by atoms with Crippen LogP contribution in [0.15, 0.2) is 53.4 Å². The summed E-state index contributed by atoms with van der Waals surface area (Å²) in [5.41, 5.74) is 0.715. The maximum atomic E-state index is 13.1. The average molecular weight is 493 g/mol. The summed E-state index contributed by atoms with van der Waals surface area (Å²) in [5.74, 6) is -0.257. The lowest BCUT2D eigenvalue weighted by Crippen LogP contribution is -2.54. The van der Waals surface area contributed by atoms with Crippen molar-refractivity contribution < 1.29 is 18.0 Å². The number of carbonyl (C=O) groups is 2. The van der Waals surface area contributed by atoms with Crippen LogP contribution in [0.4, 0.5) is 10.5 Å². The second-order valence-electron chi connectivity index (χ2n) is 7.71. The fourth-order valence-electron chi connectivity index (χ4n) is 3.74. The Morgan fingerprint density at radius 1 is 0.939 bits per heavy atom. The van der Waals surface area contributed by atoms with Crippen molar-refractivity contribution >= 4 is 39.2 Å². The molecule has 1 heterocycles. The van der Waals surface area contributed by atoms with Gasteiger partial charge in [-0.2, -0.15) is 0 Å². The number of sulfonamides is 1. The summed E-state index contributed by atoms with van der Waals surface area (Å²) in [6.45, 7) is 6.82. The van der Waals surface area contributed by atoms with Gasteiger partial charge in [0.2, 0.25) is 0 Å². The molecule has 3 rings (SSSR count). The van der Waals surface area contributed by atoms with Gasteiger partial charge in [-0.3, -0.25) is 9.10 Å². The van der Waals surface area contributed by atoms with Crippen molar-refractivity contribution in [3.63, 3.8) is 0 Å². The number of carbonyl (C=O) groups excluding carboxylic acids is 2. The molecule has 1 saturated heterocycles. The third-order valence-corrected chi connectivity index (χ3v) is 7.80. The summed E-state index contributed by atoms with van der Waals surface area (Å²) in [6, 6.07) is 12.6. The quantitative estimate of drug-likeness (QED) is 0.619. The van der Waals surface area contributed by atoms with E-state index in [0.717, 1.165) is 4.31 Å². The van der Waals surface area contributed by atoms with E-state index in [1.54, 1.807) is 51.1 Å². The number of urea groups is 1. The predicted octanol–water partition coefficient (Wildman–Crippen LogP) is 3.38. The molecule has 10 heteroatoms. The lowest BCUT2D eigenvalue weighted by Gasteiger charge is -2.37. The molecule has 3 amide bonds. The van der Waals surface area contributed by atoms with Gasteiger partial charge in [0.25, 0.3) is 15.9 Å². The molecular formula is C23H29ClN4O4S. The highest BCUT2D eigenvalue weighted by Crippen LogP contribution is 2.25. The number of piperazine rings is 1. The van der Waals surface area contributed by atoms with Crippen molar-refractivity contribution in [1.82, 2.24) is 14.7 Å². The minimum Gasteiger partial charge on any atom is -0.335 e. The zero-order valence-electron chi connectivity index (χ0n) is 19.1. The smallest absolute Gasteiger partial charge is 0.320 e. The lowest BCUT2D eigenvalue weighted by atomic mass is 10.2. The molecular weight excluding hydrogens is 464 g/mol. The molecule has 0 aromatic heterocycles. The van der Waals surface area contributed by atoms with Crippen LogP contribution in [-0.2, 0) is 10.0 Å². The van der Waals surface area contributed by atoms with E-state index < -0.39 is 10.0 Å². The van der Waals surface area contributed by atoms with E-state index in [1.165, 1.54) is 19.2 Å². The van der Waals surface area contributed by atoms with Gasteiger partial charge in [0.05, 0.1) is 10.6 Å². The fraction of sp³-hybridized carbons (Fsp3) is 0.391. The van der Waals surface area contributed by atoms with Gasteiger partial charge < -0.3 is 14.7 Å². The summed E-state index contributed by atoms with van der Waals surface area (Å²) >= 11 is 6.00. The predicted molar refractivity (Wildman–Crippen MR) is 129 cm³/mol. The van der Waals surface area contributed by atoms with Crippen LogP contribution in [0.5, 0.6) is 0 Å². The van der Waals surface area contributed by atoms with Gasteiger partial charge >= 0.3 is 6.03 Å². The lowest BCUT2D eigenvalue weighted by molar-refractivity contribution is 0.0641. The van der Waals surface area contributed by atoms with Gasteiger partial charge in [0, 0.05) is 56.9 Å². The fourth-order valence-corrected chi connectivity index (χ4v) is 5.15. The minimum absolute atomic E-state index is 0.0196. The molecule has 178 valence electrons. The average Bonchev–Trinajstić information content (AvgIpc) is 2.84. The van der Waals surface area contributed by atoms with Crippen molar-refractivity contribution in [2.45, 2.75) is 18.7 Å². The molecule has 0 unspecified atom stereocenters. The number of rotatable bonds is 6. The van der Waals surface area contributed by atoms with Crippen molar-refractivity contribution in [1.29, 1.82) is 0 Å². The van der Waals surface area contributed by atoms with Crippen LogP contribution in [0.3, 0.4) is 0 Å². The Morgan fingerprint density at radius 3 is 2.15 bits per heavy atom. The van der Waals surface area contributed by atoms with E-state index in [0.29, 0.717) is 55.5 Å². The maximum Gasteiger partial charge on any atom is 0.320 e. The van der Waals surface area contributed by atoms with Crippen molar-refractivity contribution in [2.75, 3.05) is 50.6 Å². The summed E-state index contributed by atoms with van der Waals surface area (Å²) in [5, 5.41) is 0.428. The van der Waals surface area contributed by atoms with Crippen LogP contribution in [0, 0.1) is 0 Å². The van der Waals surface area contributed by atoms with Crippen LogP contribution < -0.4 is 4.31 Å². The zero-order valence-corrected chi connectivity index (χ0v) is 20.6. The van der Waals surface area contributed by atoms with Gasteiger partial charge in [0.1, 0.15) is 0 Å². The molecule has 8 nitrogen and oxygen atoms in total. The summed E-state index contributed by atoms with van der Waals surface area (Å²) < 4.78 is 27.4. The van der Waals surface area contributed by atoms with Crippen LogP contribution >= 0.6 is 11.6 Å². The van der Waals surface area contributed by atoms with Gasteiger partial charge in [-0.05, 0) is 50.2 Å². The topological polar surface area (TPSA) is 81.2 Å². The molecule has 0 aliphatic carbocycles. The van der Waals surface area contributed by atoms with Crippen LogP contribution in [0.25, 0.3) is 0 Å². The van der Waals surface area contributed by atoms with Crippen LogP contribution in [0.1, 0.15) is 24.2 Å². The van der Waals surface area contributed by atoms with Crippen molar-refractivity contribution in [3.8, 4) is 0 Å². The molecule has 0 N–H and O–H groups in total. The van der Waals surface area contributed by atoms with Crippen molar-refractivity contribution in [3.05, 3.63) is 59.1 Å². The van der Waals surface area contributed by atoms with Crippen molar-refractivity contribution in [2.24, 2.45) is 0 Å². The highest BCUT2D eigenvalue weighted by molar-refractivity contribution is 7.92. The number of anilines is 1. The molecule has 2 aromatic carbocycles. The largest absolute Gasteiger partial charge is 0.335 e. The van der Waals surface area contributed by atoms with Crippen LogP contribution in [-0.4, -0.2) is 81.4 Å². The first-order chi connectivity index (χ1) is 15.7. The Bertz CT molecular complexity index is 1110. The second-order valence-corrected chi connectivity index (χ2v) is 10.1. The number of nitrogens with zero attached hydrogens (tertiary/aromatic N) is 4. The third kappa shape index (κ3) is 5.42. The Hall–Kier alpha value is -2.78. The number of benzene rings is 2. The number of amides is 3. The second kappa shape index (κ2) is 10.4. The van der Waals surface area contributed by atoms with E-state index in [-0.39, 0.29) is 16.8 Å². The van der Waals surface area contributed by atoms with Gasteiger partial charge in [-0.25, -0.2) is 13.2 Å². The molecule has 2 aromatic rings. The molecule has 33 heavy (non-hydrogen) atoms. The standard InChI is InChI=1S/C23H29ClN4O4S/c1-4-26(5-2)23(30)28-14-12-27(13-15-28)22(29)18-8-6-11-21(16-18)33(31,32)25(3)20-10-7-9-19(24)17-20/h6-11,16-17H,4-5,12-15H2,1-3H3. The number of hydrogen-bond donors (Lipinski definition) is 0. The van der Waals surface area contributed by atoms with E-state index in [1.807, 2.05) is 13.8 Å². The highest BCUT2D eigenvalue weighted by Gasteiger charge is 2.28. The Balaban J connectivity index is 1.73. The summed E-state index contributed by atoms with van der Waals surface area (Å²) in [7, 11) is -2.44. The van der Waals surface area contributed by atoms with E-state index >= 15 is 0 Å². The van der Waals surface area contributed by atoms with Gasteiger partial charge in [-0.15, -0.1) is 0 Å². The van der Waals surface area contributed by atoms with E-state index in [4.69, 9.17) is 11.6 Å². The third-order valence-electron chi connectivity index (χ3n) is 5.78. The first-order valence-corrected chi connectivity index (χ1v) is 12.7. The van der Waals surface area contributed by atoms with Crippen LogP contribution in [0.2, 0.25) is 5.02 Å². The molecule has 0 radical (unpaired) electrons. The first-order valence-electron chi connectivity index (χ1n) is 10.9. The molecule has 1 aliphatic heterocycles. The summed E-state index contributed by atoms with van der Waals surface area (Å²) in [4.78, 5) is 30.8. The molecule has 1 fully saturated rings. The van der Waals surface area contributed by atoms with Gasteiger partial charge in [0.15, 0.2) is 0 Å². The zero-order chi connectivity index (χ0) is 24.2. The molecule has 0 atom stereocenters. The molecule has 0 saturated carbocycles. The summed E-state index contributed by atoms with van der Waals surface area (Å²) in [6.07, 6.45) is 0. The normalized spacial score (nSPS) is 14.2. The first kappa shape index (κ1) is 24.9. The Labute approximate surface area is 200 Å². The molecule has 0 spiro atoms. The van der Waals surface area contributed by atoms with Gasteiger partial charge in [-0.1, -0.05) is 23.7 Å². The van der Waals surface area contributed by atoms with E-state index in [9.17, 15) is 18.0 Å². The SMILES string of the molecule is CCN(CC)C(=O)N1CCN(C(=O)c2cccc(S(=O)(=O)N(C)c3cccc(Cl)c3)c2)CC1. The minimum atomic E-state index is -3.89. The number of halogens is 1. The highest BCUT2D eigenvalue weighted by atomic mass is 35.5. The monoisotopic (exact) mass is 492 g/mol. The Morgan fingerprint density at radius 2 is 1.55 bits per heavy atom. The van der Waals surface area contributed by atoms with E-state index in [2.05, 4.69) is 0 Å². The molecule has 0 bridgehead atoms.